The van der Waals surface area contributed by atoms with E-state index < -0.39 is 0 Å². The molecule has 0 spiro atoms. The van der Waals surface area contributed by atoms with Gasteiger partial charge >= 0.3 is 5.97 Å². The van der Waals surface area contributed by atoms with Crippen molar-refractivity contribution < 1.29 is 9.53 Å². The first-order valence-electron chi connectivity index (χ1n) is 10.5. The first-order chi connectivity index (χ1) is 11.7. The van der Waals surface area contributed by atoms with Crippen LogP contribution in [0, 0.1) is 0 Å². The van der Waals surface area contributed by atoms with Crippen molar-refractivity contribution in [3.63, 3.8) is 0 Å². The van der Waals surface area contributed by atoms with E-state index in [-0.39, 0.29) is 5.97 Å². The van der Waals surface area contributed by atoms with Crippen molar-refractivity contribution in [2.75, 3.05) is 0 Å². The number of ether oxygens (including phenoxy) is 1. The lowest BCUT2D eigenvalue weighted by atomic mass is 10.0. The molecule has 2 heteroatoms. The lowest BCUT2D eigenvalue weighted by molar-refractivity contribution is -0.135. The van der Waals surface area contributed by atoms with E-state index in [2.05, 4.69) is 25.2 Å². The normalized spacial score (nSPS) is 9.96. The zero-order valence-corrected chi connectivity index (χ0v) is 16.9. The minimum Gasteiger partial charge on any atom is -0.435 e. The van der Waals surface area contributed by atoms with Crippen molar-refractivity contribution in [3.8, 4) is 0 Å². The van der Waals surface area contributed by atoms with Gasteiger partial charge in [-0.1, -0.05) is 123 Å². The zero-order valence-electron chi connectivity index (χ0n) is 16.9. The fraction of sp³-hybridized carbons (Fsp3) is 0.864. The molecular weight excluding hydrogens is 296 g/mol. The van der Waals surface area contributed by atoms with E-state index in [0.29, 0.717) is 0 Å². The summed E-state index contributed by atoms with van der Waals surface area (Å²) in [4.78, 5) is 9.75. The molecule has 0 aromatic heterocycles. The Balaban J connectivity index is 0. The third kappa shape index (κ3) is 29.2. The van der Waals surface area contributed by atoms with Crippen molar-refractivity contribution in [3.05, 3.63) is 12.8 Å². The SMILES string of the molecule is C=COC(C)=O.CCCCCCCCCCCCCCCCCC. The van der Waals surface area contributed by atoms with Crippen LogP contribution in [0.1, 0.15) is 124 Å². The quantitative estimate of drug-likeness (QED) is 0.162. The van der Waals surface area contributed by atoms with Crippen LogP contribution in [-0.4, -0.2) is 5.97 Å². The van der Waals surface area contributed by atoms with Crippen molar-refractivity contribution in [1.82, 2.24) is 0 Å². The van der Waals surface area contributed by atoms with Gasteiger partial charge in [0.05, 0.1) is 6.26 Å². The van der Waals surface area contributed by atoms with Gasteiger partial charge in [0.25, 0.3) is 0 Å². The van der Waals surface area contributed by atoms with Gasteiger partial charge in [0.2, 0.25) is 0 Å². The summed E-state index contributed by atoms with van der Waals surface area (Å²) in [6, 6.07) is 0. The first kappa shape index (κ1) is 25.5. The van der Waals surface area contributed by atoms with Gasteiger partial charge in [0.1, 0.15) is 0 Å². The number of hydrogen-bond donors (Lipinski definition) is 0. The van der Waals surface area contributed by atoms with Gasteiger partial charge in [-0.15, -0.1) is 0 Å². The van der Waals surface area contributed by atoms with E-state index in [4.69, 9.17) is 0 Å². The summed E-state index contributed by atoms with van der Waals surface area (Å²) in [5.41, 5.74) is 0. The van der Waals surface area contributed by atoms with Crippen LogP contribution in [-0.2, 0) is 9.53 Å². The summed E-state index contributed by atoms with van der Waals surface area (Å²) >= 11 is 0. The van der Waals surface area contributed by atoms with Crippen molar-refractivity contribution in [2.24, 2.45) is 0 Å². The molecular formula is C22H44O2. The first-order valence-corrected chi connectivity index (χ1v) is 10.5. The van der Waals surface area contributed by atoms with Crippen LogP contribution in [0.4, 0.5) is 0 Å². The number of hydrogen-bond acceptors (Lipinski definition) is 2. The maximum Gasteiger partial charge on any atom is 0.307 e. The highest BCUT2D eigenvalue weighted by Gasteiger charge is 1.93. The maximum absolute atomic E-state index is 9.75. The molecule has 0 rings (SSSR count). The lowest BCUT2D eigenvalue weighted by Crippen LogP contribution is -1.87. The molecule has 0 aliphatic carbocycles. The Hall–Kier alpha value is -0.790. The summed E-state index contributed by atoms with van der Waals surface area (Å²) in [7, 11) is 0. The highest BCUT2D eigenvalue weighted by Crippen LogP contribution is 2.13. The molecule has 0 aromatic carbocycles. The number of carbonyl (C=O) groups excluding carboxylic acids is 1. The molecule has 0 atom stereocenters. The summed E-state index contributed by atoms with van der Waals surface area (Å²) in [6.45, 7) is 9.07. The number of unbranched alkanes of at least 4 members (excludes halogenated alkanes) is 15. The Morgan fingerprint density at radius 2 is 0.917 bits per heavy atom. The van der Waals surface area contributed by atoms with Crippen molar-refractivity contribution >= 4 is 5.97 Å². The van der Waals surface area contributed by atoms with Crippen LogP contribution in [0.3, 0.4) is 0 Å². The second kappa shape index (κ2) is 24.5. The van der Waals surface area contributed by atoms with Crippen LogP contribution in [0.2, 0.25) is 0 Å². The summed E-state index contributed by atoms with van der Waals surface area (Å²) in [5.74, 6) is -0.329. The van der Waals surface area contributed by atoms with Gasteiger partial charge in [0.15, 0.2) is 0 Å². The predicted molar refractivity (Wildman–Crippen MR) is 107 cm³/mol. The molecule has 144 valence electrons. The van der Waals surface area contributed by atoms with Gasteiger partial charge < -0.3 is 4.74 Å². The number of esters is 1. The van der Waals surface area contributed by atoms with Crippen LogP contribution in [0.25, 0.3) is 0 Å². The zero-order chi connectivity index (χ0) is 18.3. The molecule has 0 fully saturated rings. The highest BCUT2D eigenvalue weighted by atomic mass is 16.5. The average Bonchev–Trinajstić information content (AvgIpc) is 2.56. The Morgan fingerprint density at radius 3 is 1.04 bits per heavy atom. The lowest BCUT2D eigenvalue weighted by Gasteiger charge is -2.03. The number of rotatable bonds is 16. The fourth-order valence-corrected chi connectivity index (χ4v) is 2.74. The van der Waals surface area contributed by atoms with Gasteiger partial charge in [-0.3, -0.25) is 4.79 Å². The van der Waals surface area contributed by atoms with Crippen LogP contribution < -0.4 is 0 Å². The summed E-state index contributed by atoms with van der Waals surface area (Å²) in [6.07, 6.45) is 24.5. The average molecular weight is 341 g/mol. The second-order valence-electron chi connectivity index (χ2n) is 6.73. The minimum absolute atomic E-state index is 0.329. The van der Waals surface area contributed by atoms with Gasteiger partial charge in [-0.2, -0.15) is 0 Å². The molecule has 0 aromatic rings. The third-order valence-electron chi connectivity index (χ3n) is 4.21. The molecule has 0 aliphatic rings. The Kier molecular flexibility index (Phi) is 25.9. The fourth-order valence-electron chi connectivity index (χ4n) is 2.74. The van der Waals surface area contributed by atoms with Crippen molar-refractivity contribution in [1.29, 1.82) is 0 Å². The van der Waals surface area contributed by atoms with Crippen molar-refractivity contribution in [2.45, 2.75) is 124 Å². The number of carbonyl (C=O) groups is 1. The minimum atomic E-state index is -0.329. The highest BCUT2D eigenvalue weighted by molar-refractivity contribution is 5.66. The largest absolute Gasteiger partial charge is 0.435 e. The Bertz CT molecular complexity index is 232. The van der Waals surface area contributed by atoms with E-state index in [1.165, 1.54) is 110 Å². The molecule has 24 heavy (non-hydrogen) atoms. The smallest absolute Gasteiger partial charge is 0.307 e. The van der Waals surface area contributed by atoms with Gasteiger partial charge in [-0.25, -0.2) is 0 Å². The summed E-state index contributed by atoms with van der Waals surface area (Å²) in [5, 5.41) is 0. The molecule has 0 unspecified atom stereocenters. The molecule has 0 bridgehead atoms. The molecule has 0 amide bonds. The molecule has 0 aliphatic heterocycles. The van der Waals surface area contributed by atoms with E-state index in [9.17, 15) is 4.79 Å². The Morgan fingerprint density at radius 1 is 0.667 bits per heavy atom. The predicted octanol–water partition coefficient (Wildman–Crippen LogP) is 7.96. The maximum atomic E-state index is 9.75. The van der Waals surface area contributed by atoms with Gasteiger partial charge in [0, 0.05) is 6.92 Å². The monoisotopic (exact) mass is 340 g/mol. The summed E-state index contributed by atoms with van der Waals surface area (Å²) < 4.78 is 4.17. The molecule has 0 heterocycles. The van der Waals surface area contributed by atoms with Crippen LogP contribution in [0.15, 0.2) is 12.8 Å². The molecule has 0 N–H and O–H groups in total. The third-order valence-corrected chi connectivity index (χ3v) is 4.21. The van der Waals surface area contributed by atoms with Crippen LogP contribution >= 0.6 is 0 Å². The molecule has 2 nitrogen and oxygen atoms in total. The molecule has 0 radical (unpaired) electrons. The van der Waals surface area contributed by atoms with E-state index in [0.717, 1.165) is 6.26 Å². The van der Waals surface area contributed by atoms with E-state index in [1.807, 2.05) is 0 Å². The topological polar surface area (TPSA) is 26.3 Å². The van der Waals surface area contributed by atoms with E-state index in [1.54, 1.807) is 0 Å². The van der Waals surface area contributed by atoms with Crippen LogP contribution in [0.5, 0.6) is 0 Å². The van der Waals surface area contributed by atoms with E-state index >= 15 is 0 Å². The molecule has 0 saturated carbocycles. The Labute approximate surface area is 152 Å². The standard InChI is InChI=1S/C18H38.C4H6O2/c1-3-5-7-9-11-13-15-17-18-16-14-12-10-8-6-4-2;1-3-6-4(2)5/h3-18H2,1-2H3;3H,1H2,2H3. The second-order valence-corrected chi connectivity index (χ2v) is 6.73. The van der Waals surface area contributed by atoms with Gasteiger partial charge in [-0.05, 0) is 0 Å². The molecule has 0 saturated heterocycles.